The third kappa shape index (κ3) is 8.04. The number of thiol groups is 1. The van der Waals surface area contributed by atoms with Gasteiger partial charge >= 0.3 is 15.6 Å². The van der Waals surface area contributed by atoms with Crippen molar-refractivity contribution in [2.45, 2.75) is 5.51 Å². The molecule has 1 N–H and O–H groups in total. The molecule has 0 rings (SSSR count). The first-order chi connectivity index (χ1) is 4.66. The van der Waals surface area contributed by atoms with Gasteiger partial charge in [-0.2, -0.15) is 21.6 Å². The van der Waals surface area contributed by atoms with Crippen molar-refractivity contribution in [2.24, 2.45) is 0 Å². The smallest absolute Gasteiger partial charge is 0.279 e. The first kappa shape index (κ1) is 13.7. The summed E-state index contributed by atoms with van der Waals surface area (Å²) in [5.74, 6) is 0. The summed E-state index contributed by atoms with van der Waals surface area (Å²) in [5, 5.41) is 0. The Balaban J connectivity index is 0. The standard InChI is InChI=1S/CHF3O3S.CH2S2/c2-1(3,4)8(5,6)7;2-1-3/h(H,5,6,7);1H,(H,2,3). The average Bonchev–Trinajstić information content (AvgIpc) is 1.60. The highest BCUT2D eigenvalue weighted by atomic mass is 32.2. The molecule has 9 heteroatoms. The van der Waals surface area contributed by atoms with Gasteiger partial charge in [-0.15, -0.1) is 12.6 Å². The Morgan fingerprint density at radius 3 is 1.55 bits per heavy atom. The van der Waals surface area contributed by atoms with E-state index in [2.05, 4.69) is 24.8 Å². The molecule has 0 aliphatic rings. The molecule has 0 aliphatic carbocycles. The van der Waals surface area contributed by atoms with Crippen LogP contribution < -0.4 is 0 Å². The highest BCUT2D eigenvalue weighted by molar-refractivity contribution is 8.08. The predicted molar refractivity (Wildman–Crippen MR) is 40.2 cm³/mol. The van der Waals surface area contributed by atoms with Crippen LogP contribution >= 0.6 is 24.8 Å². The Morgan fingerprint density at radius 2 is 1.55 bits per heavy atom. The average molecular weight is 228 g/mol. The van der Waals surface area contributed by atoms with Crippen LogP contribution in [0.3, 0.4) is 0 Å². The molecule has 68 valence electrons. The van der Waals surface area contributed by atoms with Crippen molar-refractivity contribution in [3.05, 3.63) is 0 Å². The maximum atomic E-state index is 10.7. The fourth-order valence-electron chi connectivity index (χ4n) is 0. The molecule has 0 bridgehead atoms. The van der Waals surface area contributed by atoms with Crippen molar-refractivity contribution in [2.75, 3.05) is 0 Å². The van der Waals surface area contributed by atoms with Gasteiger partial charge in [-0.3, -0.25) is 4.55 Å². The van der Waals surface area contributed by atoms with Gasteiger partial charge in [0, 0.05) is 4.70 Å². The molecule has 0 aromatic heterocycles. The number of rotatable bonds is 0. The summed E-state index contributed by atoms with van der Waals surface area (Å²) in [4.78, 5) is 0. The van der Waals surface area contributed by atoms with Gasteiger partial charge in [0.25, 0.3) is 0 Å². The first-order valence-corrected chi connectivity index (χ1v) is 4.21. The van der Waals surface area contributed by atoms with Crippen molar-refractivity contribution < 1.29 is 26.1 Å². The lowest BCUT2D eigenvalue weighted by Crippen LogP contribution is -2.21. The molecule has 0 atom stereocenters. The fraction of sp³-hybridized carbons (Fsp3) is 0.500. The summed E-state index contributed by atoms with van der Waals surface area (Å²) in [6, 6.07) is 0. The molecular weight excluding hydrogens is 225 g/mol. The zero-order chi connectivity index (χ0) is 9.71. The van der Waals surface area contributed by atoms with Gasteiger partial charge in [0.2, 0.25) is 0 Å². The van der Waals surface area contributed by atoms with Crippen LogP contribution in [0.25, 0.3) is 0 Å². The lowest BCUT2D eigenvalue weighted by molar-refractivity contribution is -0.0510. The first-order valence-electron chi connectivity index (χ1n) is 1.78. The van der Waals surface area contributed by atoms with Gasteiger partial charge in [-0.25, -0.2) is 0 Å². The largest absolute Gasteiger partial charge is 0.522 e. The van der Waals surface area contributed by atoms with E-state index >= 15 is 0 Å². The van der Waals surface area contributed by atoms with Crippen molar-refractivity contribution in [1.82, 2.24) is 0 Å². The second kappa shape index (κ2) is 4.91. The van der Waals surface area contributed by atoms with Crippen LogP contribution in [0.1, 0.15) is 0 Å². The third-order valence-corrected chi connectivity index (χ3v) is 0.877. The van der Waals surface area contributed by atoms with E-state index in [0.717, 1.165) is 0 Å². The number of hydrogen-bond acceptors (Lipinski definition) is 3. The van der Waals surface area contributed by atoms with E-state index in [4.69, 9.17) is 13.0 Å². The summed E-state index contributed by atoms with van der Waals surface area (Å²) >= 11 is 7.61. The lowest BCUT2D eigenvalue weighted by atomic mass is 11.6. The van der Waals surface area contributed by atoms with Crippen LogP contribution in [0.15, 0.2) is 0 Å². The minimum Gasteiger partial charge on any atom is -0.279 e. The molecule has 0 heterocycles. The van der Waals surface area contributed by atoms with Crippen LogP contribution in [0, 0.1) is 0 Å². The molecular formula is C2H3F3O3S3. The summed E-state index contributed by atoms with van der Waals surface area (Å²) in [5.41, 5.74) is -5.53. The van der Waals surface area contributed by atoms with E-state index in [1.165, 1.54) is 4.70 Å². The van der Waals surface area contributed by atoms with Crippen LogP contribution in [-0.2, 0) is 10.1 Å². The summed E-state index contributed by atoms with van der Waals surface area (Å²) in [7, 11) is -5.84. The molecule has 0 saturated heterocycles. The summed E-state index contributed by atoms with van der Waals surface area (Å²) < 4.78 is 58.8. The topological polar surface area (TPSA) is 54.4 Å². The van der Waals surface area contributed by atoms with Gasteiger partial charge in [-0.1, -0.05) is 12.2 Å². The van der Waals surface area contributed by atoms with Crippen LogP contribution in [0.5, 0.6) is 0 Å². The van der Waals surface area contributed by atoms with E-state index in [-0.39, 0.29) is 0 Å². The quantitative estimate of drug-likeness (QED) is 0.284. The Kier molecular flexibility index (Phi) is 6.12. The zero-order valence-corrected chi connectivity index (χ0v) is 7.27. The maximum absolute atomic E-state index is 10.7. The van der Waals surface area contributed by atoms with Crippen molar-refractivity contribution in [1.29, 1.82) is 0 Å². The Hall–Kier alpha value is 0.140. The minimum absolute atomic E-state index is 1.28. The fourth-order valence-corrected chi connectivity index (χ4v) is 0. The maximum Gasteiger partial charge on any atom is 0.522 e. The molecule has 0 amide bonds. The number of halogens is 3. The molecule has 0 unspecified atom stereocenters. The van der Waals surface area contributed by atoms with Gasteiger partial charge < -0.3 is 0 Å². The van der Waals surface area contributed by atoms with Crippen LogP contribution in [0.2, 0.25) is 0 Å². The molecule has 0 aromatic carbocycles. The molecule has 0 aromatic rings. The monoisotopic (exact) mass is 228 g/mol. The van der Waals surface area contributed by atoms with E-state index in [1.54, 1.807) is 0 Å². The molecule has 11 heavy (non-hydrogen) atoms. The Morgan fingerprint density at radius 1 is 1.45 bits per heavy atom. The minimum atomic E-state index is -5.84. The second-order valence-electron chi connectivity index (χ2n) is 1.03. The molecule has 0 aliphatic heterocycles. The second-order valence-corrected chi connectivity index (χ2v) is 3.28. The summed E-state index contributed by atoms with van der Waals surface area (Å²) in [6.45, 7) is 0. The van der Waals surface area contributed by atoms with Gasteiger partial charge in [0.15, 0.2) is 0 Å². The highest BCUT2D eigenvalue weighted by Gasteiger charge is 2.44. The molecule has 0 spiro atoms. The van der Waals surface area contributed by atoms with Crippen molar-refractivity contribution in [3.63, 3.8) is 0 Å². The zero-order valence-electron chi connectivity index (χ0n) is 4.74. The highest BCUT2D eigenvalue weighted by Crippen LogP contribution is 2.20. The summed E-state index contributed by atoms with van der Waals surface area (Å²) in [6.07, 6.45) is 0. The SMILES string of the molecule is O=S(=O)(O)C(F)(F)F.S=CS. The van der Waals surface area contributed by atoms with Crippen LogP contribution in [-0.4, -0.2) is 23.2 Å². The molecule has 0 fully saturated rings. The third-order valence-electron chi connectivity index (χ3n) is 0.292. The Labute approximate surface area is 71.7 Å². The van der Waals surface area contributed by atoms with Gasteiger partial charge in [-0.05, 0) is 0 Å². The normalized spacial score (nSPS) is 11.4. The van der Waals surface area contributed by atoms with Gasteiger partial charge in [0.05, 0.1) is 0 Å². The molecule has 0 radical (unpaired) electrons. The van der Waals surface area contributed by atoms with Crippen LogP contribution in [0.4, 0.5) is 13.2 Å². The van der Waals surface area contributed by atoms with E-state index < -0.39 is 15.6 Å². The Bertz CT molecular complexity index is 204. The predicted octanol–water partition coefficient (Wildman–Crippen LogP) is 1.27. The van der Waals surface area contributed by atoms with Gasteiger partial charge in [0.1, 0.15) is 0 Å². The number of alkyl halides is 3. The number of hydrogen-bond donors (Lipinski definition) is 2. The molecule has 0 saturated carbocycles. The van der Waals surface area contributed by atoms with E-state index in [0.29, 0.717) is 0 Å². The lowest BCUT2D eigenvalue weighted by Gasteiger charge is -1.97. The van der Waals surface area contributed by atoms with Crippen molar-refractivity contribution >= 4 is 39.7 Å². The van der Waals surface area contributed by atoms with E-state index in [1.807, 2.05) is 0 Å². The number of thiocarbonyl (C=S) groups is 1. The van der Waals surface area contributed by atoms with Crippen molar-refractivity contribution in [3.8, 4) is 0 Å². The molecule has 3 nitrogen and oxygen atoms in total. The van der Waals surface area contributed by atoms with E-state index in [9.17, 15) is 13.2 Å².